The lowest BCUT2D eigenvalue weighted by Gasteiger charge is -2.15. The number of hydrogen-bond donors (Lipinski definition) is 1. The molecule has 0 aliphatic carbocycles. The Morgan fingerprint density at radius 3 is 2.28 bits per heavy atom. The highest BCUT2D eigenvalue weighted by molar-refractivity contribution is 8.04. The Morgan fingerprint density at radius 1 is 0.938 bits per heavy atom. The minimum Gasteiger partial charge on any atom is -0.350 e. The van der Waals surface area contributed by atoms with Gasteiger partial charge >= 0.3 is 0 Å². The molecule has 2 aromatic carbocycles. The first-order chi connectivity index (χ1) is 15.3. The lowest BCUT2D eigenvalue weighted by atomic mass is 10.2. The first kappa shape index (κ1) is 22.0. The lowest BCUT2D eigenvalue weighted by molar-refractivity contribution is -0.137. The summed E-state index contributed by atoms with van der Waals surface area (Å²) in [7, 11) is 0. The van der Waals surface area contributed by atoms with E-state index in [0.29, 0.717) is 15.9 Å². The van der Waals surface area contributed by atoms with Gasteiger partial charge in [0, 0.05) is 22.1 Å². The molecule has 0 unspecified atom stereocenters. The van der Waals surface area contributed by atoms with Gasteiger partial charge in [-0.05, 0) is 61.9 Å². The summed E-state index contributed by atoms with van der Waals surface area (Å²) < 4.78 is 0. The van der Waals surface area contributed by atoms with E-state index in [1.807, 2.05) is 69.3 Å². The quantitative estimate of drug-likeness (QED) is 0.407. The summed E-state index contributed by atoms with van der Waals surface area (Å²) in [4.78, 5) is 37.0. The molecule has 0 atom stereocenters. The summed E-state index contributed by atoms with van der Waals surface area (Å²) in [6.07, 6.45) is 0. The monoisotopic (exact) mass is 464 g/mol. The van der Waals surface area contributed by atoms with Crippen LogP contribution in [0.5, 0.6) is 0 Å². The predicted molar refractivity (Wildman–Crippen MR) is 126 cm³/mol. The van der Waals surface area contributed by atoms with Crippen molar-refractivity contribution in [3.63, 3.8) is 0 Å². The fourth-order valence-electron chi connectivity index (χ4n) is 3.31. The molecule has 0 spiro atoms. The molecule has 4 rings (SSSR count). The third kappa shape index (κ3) is 4.69. The van der Waals surface area contributed by atoms with Crippen molar-refractivity contribution < 1.29 is 9.59 Å². The van der Waals surface area contributed by atoms with E-state index in [1.165, 1.54) is 4.90 Å². The first-order valence-electron chi connectivity index (χ1n) is 9.99. The normalized spacial score (nSPS) is 13.8. The summed E-state index contributed by atoms with van der Waals surface area (Å²) in [5.41, 5.74) is 4.18. The molecule has 0 radical (unpaired) electrons. The molecular formula is C24H21ClN4O2S. The molecule has 3 aromatic rings. The van der Waals surface area contributed by atoms with Crippen molar-refractivity contribution in [2.45, 2.75) is 32.5 Å². The van der Waals surface area contributed by atoms with Crippen LogP contribution in [0.3, 0.4) is 0 Å². The maximum absolute atomic E-state index is 13.3. The zero-order valence-electron chi connectivity index (χ0n) is 17.8. The number of aromatic nitrogens is 2. The van der Waals surface area contributed by atoms with Gasteiger partial charge in [0.1, 0.15) is 10.6 Å². The molecule has 0 saturated heterocycles. The minimum atomic E-state index is -0.401. The van der Waals surface area contributed by atoms with E-state index in [2.05, 4.69) is 15.3 Å². The Kier molecular flexibility index (Phi) is 6.30. The molecule has 0 fully saturated rings. The standard InChI is InChI=1S/C24H21ClN4O2S/c1-14-9-10-18(12-19(14)25)28-20-21(32-24-26-15(2)11-16(3)27-24)23(31)29(22(20)30)13-17-7-5-4-6-8-17/h4-12,28H,13H2,1-3H3. The van der Waals surface area contributed by atoms with Crippen LogP contribution in [0.1, 0.15) is 22.5 Å². The highest BCUT2D eigenvalue weighted by Gasteiger charge is 2.39. The number of benzene rings is 2. The summed E-state index contributed by atoms with van der Waals surface area (Å²) in [6, 6.07) is 16.7. The average Bonchev–Trinajstić information content (AvgIpc) is 2.95. The summed E-state index contributed by atoms with van der Waals surface area (Å²) in [5.74, 6) is -0.783. The van der Waals surface area contributed by atoms with Crippen LogP contribution in [-0.4, -0.2) is 26.7 Å². The van der Waals surface area contributed by atoms with Gasteiger partial charge in [0.2, 0.25) is 0 Å². The van der Waals surface area contributed by atoms with Gasteiger partial charge in [0.25, 0.3) is 11.8 Å². The molecule has 162 valence electrons. The SMILES string of the molecule is Cc1cc(C)nc(SC2=C(Nc3ccc(C)c(Cl)c3)C(=O)N(Cc3ccccc3)C2=O)n1. The van der Waals surface area contributed by atoms with E-state index >= 15 is 0 Å². The van der Waals surface area contributed by atoms with E-state index in [9.17, 15) is 9.59 Å². The number of amides is 2. The molecule has 2 amide bonds. The minimum absolute atomic E-state index is 0.177. The van der Waals surface area contributed by atoms with Gasteiger partial charge in [-0.3, -0.25) is 14.5 Å². The maximum atomic E-state index is 13.3. The van der Waals surface area contributed by atoms with Crippen molar-refractivity contribution in [3.8, 4) is 0 Å². The van der Waals surface area contributed by atoms with Crippen LogP contribution in [-0.2, 0) is 16.1 Å². The third-order valence-electron chi connectivity index (χ3n) is 4.91. The van der Waals surface area contributed by atoms with Gasteiger partial charge in [-0.2, -0.15) is 0 Å². The molecular weight excluding hydrogens is 444 g/mol. The zero-order valence-corrected chi connectivity index (χ0v) is 19.4. The summed E-state index contributed by atoms with van der Waals surface area (Å²) in [6.45, 7) is 5.81. The van der Waals surface area contributed by atoms with Crippen LogP contribution in [0.2, 0.25) is 5.02 Å². The van der Waals surface area contributed by atoms with Gasteiger partial charge in [-0.1, -0.05) is 48.0 Å². The maximum Gasteiger partial charge on any atom is 0.278 e. The number of halogens is 1. The Labute approximate surface area is 195 Å². The summed E-state index contributed by atoms with van der Waals surface area (Å²) in [5, 5.41) is 4.10. The molecule has 0 bridgehead atoms. The van der Waals surface area contributed by atoms with Crippen LogP contribution in [0, 0.1) is 20.8 Å². The number of nitrogens with one attached hydrogen (secondary N) is 1. The molecule has 1 aromatic heterocycles. The average molecular weight is 465 g/mol. The number of carbonyl (C=O) groups excluding carboxylic acids is 2. The molecule has 8 heteroatoms. The van der Waals surface area contributed by atoms with Crippen LogP contribution >= 0.6 is 23.4 Å². The second-order valence-electron chi connectivity index (χ2n) is 7.51. The molecule has 1 aliphatic rings. The van der Waals surface area contributed by atoms with Crippen LogP contribution < -0.4 is 5.32 Å². The molecule has 32 heavy (non-hydrogen) atoms. The third-order valence-corrected chi connectivity index (χ3v) is 6.26. The van der Waals surface area contributed by atoms with Gasteiger partial charge in [-0.25, -0.2) is 9.97 Å². The van der Waals surface area contributed by atoms with E-state index < -0.39 is 5.91 Å². The highest BCUT2D eigenvalue weighted by atomic mass is 35.5. The second kappa shape index (κ2) is 9.14. The van der Waals surface area contributed by atoms with Crippen molar-refractivity contribution in [2.75, 3.05) is 5.32 Å². The van der Waals surface area contributed by atoms with E-state index in [1.54, 1.807) is 6.07 Å². The summed E-state index contributed by atoms with van der Waals surface area (Å²) >= 11 is 7.35. The first-order valence-corrected chi connectivity index (χ1v) is 11.2. The van der Waals surface area contributed by atoms with Crippen LogP contribution in [0.15, 0.2) is 70.4 Å². The number of nitrogens with zero attached hydrogens (tertiary/aromatic N) is 3. The van der Waals surface area contributed by atoms with Gasteiger partial charge in [-0.15, -0.1) is 0 Å². The van der Waals surface area contributed by atoms with E-state index in [0.717, 1.165) is 34.3 Å². The number of hydrogen-bond acceptors (Lipinski definition) is 6. The Hall–Kier alpha value is -3.16. The number of rotatable bonds is 6. The Morgan fingerprint density at radius 2 is 1.62 bits per heavy atom. The van der Waals surface area contributed by atoms with Gasteiger partial charge in [0.15, 0.2) is 5.16 Å². The fraction of sp³-hybridized carbons (Fsp3) is 0.167. The molecule has 1 aliphatic heterocycles. The van der Waals surface area contributed by atoms with Crippen molar-refractivity contribution >= 4 is 40.9 Å². The van der Waals surface area contributed by atoms with Crippen molar-refractivity contribution in [1.29, 1.82) is 0 Å². The number of imide groups is 1. The number of aryl methyl sites for hydroxylation is 3. The zero-order chi connectivity index (χ0) is 22.8. The van der Waals surface area contributed by atoms with Crippen molar-refractivity contribution in [3.05, 3.63) is 92.7 Å². The number of anilines is 1. The van der Waals surface area contributed by atoms with Crippen molar-refractivity contribution in [2.24, 2.45) is 0 Å². The van der Waals surface area contributed by atoms with E-state index in [-0.39, 0.29) is 23.1 Å². The molecule has 0 saturated carbocycles. The van der Waals surface area contributed by atoms with Crippen LogP contribution in [0.4, 0.5) is 5.69 Å². The van der Waals surface area contributed by atoms with Gasteiger partial charge < -0.3 is 5.32 Å². The fourth-order valence-corrected chi connectivity index (χ4v) is 4.49. The largest absolute Gasteiger partial charge is 0.350 e. The molecule has 1 N–H and O–H groups in total. The second-order valence-corrected chi connectivity index (χ2v) is 8.90. The van der Waals surface area contributed by atoms with Gasteiger partial charge in [0.05, 0.1) is 6.54 Å². The number of thioether (sulfide) groups is 1. The van der Waals surface area contributed by atoms with Crippen LogP contribution in [0.25, 0.3) is 0 Å². The number of carbonyl (C=O) groups is 2. The Bertz CT molecular complexity index is 1220. The van der Waals surface area contributed by atoms with E-state index in [4.69, 9.17) is 11.6 Å². The Balaban J connectivity index is 1.71. The lowest BCUT2D eigenvalue weighted by Crippen LogP contribution is -2.31. The van der Waals surface area contributed by atoms with Crippen molar-refractivity contribution in [1.82, 2.24) is 14.9 Å². The topological polar surface area (TPSA) is 75.2 Å². The molecule has 2 heterocycles. The molecule has 6 nitrogen and oxygen atoms in total. The predicted octanol–water partition coefficient (Wildman–Crippen LogP) is 5.04. The highest BCUT2D eigenvalue weighted by Crippen LogP contribution is 2.35. The smallest absolute Gasteiger partial charge is 0.278 e.